The molecule has 1 aliphatic rings. The third-order valence-electron chi connectivity index (χ3n) is 4.14. The normalized spacial score (nSPS) is 16.2. The van der Waals surface area contributed by atoms with Crippen molar-refractivity contribution in [2.45, 2.75) is 49.4 Å². The van der Waals surface area contributed by atoms with Gasteiger partial charge in [0, 0.05) is 13.1 Å². The van der Waals surface area contributed by atoms with E-state index in [9.17, 15) is 18.0 Å². The average molecular weight is 383 g/mol. The van der Waals surface area contributed by atoms with Gasteiger partial charge in [-0.3, -0.25) is 0 Å². The van der Waals surface area contributed by atoms with Crippen LogP contribution in [-0.2, 0) is 19.3 Å². The van der Waals surface area contributed by atoms with Crippen LogP contribution in [0.3, 0.4) is 0 Å². The Bertz CT molecular complexity index is 756. The predicted octanol–water partition coefficient (Wildman–Crippen LogP) is 2.65. The molecule has 0 radical (unpaired) electrons. The monoisotopic (exact) mass is 383 g/mol. The van der Waals surface area contributed by atoms with Crippen molar-refractivity contribution in [1.29, 1.82) is 0 Å². The Hall–Kier alpha value is -2.09. The van der Waals surface area contributed by atoms with Crippen LogP contribution < -0.4 is 0 Å². The SMILES string of the molecule is COC(=O)c1ccc(S(=O)(=O)C2CCN(C(=O)OC(C)(C)C)CC2)cc1. The van der Waals surface area contributed by atoms with Gasteiger partial charge in [-0.05, 0) is 57.9 Å². The van der Waals surface area contributed by atoms with Gasteiger partial charge < -0.3 is 14.4 Å². The Labute approximate surface area is 154 Å². The quantitative estimate of drug-likeness (QED) is 0.746. The fourth-order valence-electron chi connectivity index (χ4n) is 2.77. The number of sulfone groups is 1. The molecule has 0 unspecified atom stereocenters. The van der Waals surface area contributed by atoms with E-state index in [-0.39, 0.29) is 4.90 Å². The summed E-state index contributed by atoms with van der Waals surface area (Å²) in [5, 5.41) is -0.565. The van der Waals surface area contributed by atoms with E-state index in [1.165, 1.54) is 36.3 Å². The van der Waals surface area contributed by atoms with E-state index in [1.807, 2.05) is 0 Å². The first kappa shape index (κ1) is 20.2. The lowest BCUT2D eigenvalue weighted by molar-refractivity contribution is 0.0217. The first-order chi connectivity index (χ1) is 12.0. The fraction of sp³-hybridized carbons (Fsp3) is 0.556. The van der Waals surface area contributed by atoms with Crippen molar-refractivity contribution in [2.24, 2.45) is 0 Å². The van der Waals surface area contributed by atoms with Gasteiger partial charge in [-0.1, -0.05) is 0 Å². The number of carbonyl (C=O) groups excluding carboxylic acids is 2. The van der Waals surface area contributed by atoms with Gasteiger partial charge in [0.15, 0.2) is 9.84 Å². The van der Waals surface area contributed by atoms with Crippen LogP contribution in [0.25, 0.3) is 0 Å². The third kappa shape index (κ3) is 4.75. The Balaban J connectivity index is 2.03. The number of likely N-dealkylation sites (tertiary alicyclic amines) is 1. The number of hydrogen-bond donors (Lipinski definition) is 0. The number of methoxy groups -OCH3 is 1. The largest absolute Gasteiger partial charge is 0.465 e. The number of piperidine rings is 1. The zero-order chi connectivity index (χ0) is 19.5. The van der Waals surface area contributed by atoms with Crippen molar-refractivity contribution in [1.82, 2.24) is 4.90 Å². The van der Waals surface area contributed by atoms with E-state index in [1.54, 1.807) is 20.8 Å². The molecule has 1 aromatic rings. The van der Waals surface area contributed by atoms with Gasteiger partial charge in [-0.15, -0.1) is 0 Å². The van der Waals surface area contributed by atoms with Crippen LogP contribution in [0.5, 0.6) is 0 Å². The summed E-state index contributed by atoms with van der Waals surface area (Å²) in [6, 6.07) is 5.72. The maximum atomic E-state index is 12.8. The topological polar surface area (TPSA) is 90.0 Å². The molecule has 0 N–H and O–H groups in total. The van der Waals surface area contributed by atoms with Crippen LogP contribution in [0.4, 0.5) is 4.79 Å². The van der Waals surface area contributed by atoms with Gasteiger partial charge in [-0.2, -0.15) is 0 Å². The molecular weight excluding hydrogens is 358 g/mol. The summed E-state index contributed by atoms with van der Waals surface area (Å²) in [6.45, 7) is 6.04. The van der Waals surface area contributed by atoms with Crippen molar-refractivity contribution in [3.63, 3.8) is 0 Å². The molecule has 1 aliphatic heterocycles. The minimum atomic E-state index is -3.53. The first-order valence-corrected chi connectivity index (χ1v) is 9.99. The zero-order valence-electron chi connectivity index (χ0n) is 15.5. The molecule has 1 amide bonds. The molecule has 0 bridgehead atoms. The number of ether oxygens (including phenoxy) is 2. The lowest BCUT2D eigenvalue weighted by Gasteiger charge is -2.33. The lowest BCUT2D eigenvalue weighted by atomic mass is 10.1. The molecule has 0 saturated carbocycles. The summed E-state index contributed by atoms with van der Waals surface area (Å²) >= 11 is 0. The molecule has 7 nitrogen and oxygen atoms in total. The van der Waals surface area contributed by atoms with Crippen molar-refractivity contribution in [3.8, 4) is 0 Å². The van der Waals surface area contributed by atoms with Gasteiger partial charge in [0.2, 0.25) is 0 Å². The van der Waals surface area contributed by atoms with Gasteiger partial charge in [0.1, 0.15) is 5.60 Å². The van der Waals surface area contributed by atoms with Gasteiger partial charge in [0.05, 0.1) is 22.8 Å². The highest BCUT2D eigenvalue weighted by Gasteiger charge is 2.34. The summed E-state index contributed by atoms with van der Waals surface area (Å²) in [5.41, 5.74) is -0.285. The molecule has 1 heterocycles. The number of amides is 1. The molecule has 1 fully saturated rings. The second-order valence-corrected chi connectivity index (χ2v) is 9.46. The van der Waals surface area contributed by atoms with E-state index in [0.717, 1.165) is 0 Å². The van der Waals surface area contributed by atoms with Crippen LogP contribution in [0.2, 0.25) is 0 Å². The molecule has 1 aromatic carbocycles. The second-order valence-electron chi connectivity index (χ2n) is 7.23. The van der Waals surface area contributed by atoms with Crippen LogP contribution in [-0.4, -0.2) is 56.4 Å². The van der Waals surface area contributed by atoms with E-state index in [0.29, 0.717) is 31.5 Å². The minimum Gasteiger partial charge on any atom is -0.465 e. The highest BCUT2D eigenvalue weighted by atomic mass is 32.2. The zero-order valence-corrected chi connectivity index (χ0v) is 16.3. The molecular formula is C18H25NO6S. The van der Waals surface area contributed by atoms with Gasteiger partial charge in [0.25, 0.3) is 0 Å². The molecule has 0 aliphatic carbocycles. The first-order valence-electron chi connectivity index (χ1n) is 8.45. The number of rotatable bonds is 3. The summed E-state index contributed by atoms with van der Waals surface area (Å²) in [6.07, 6.45) is 0.275. The lowest BCUT2D eigenvalue weighted by Crippen LogP contribution is -2.44. The smallest absolute Gasteiger partial charge is 0.410 e. The Kier molecular flexibility index (Phi) is 5.95. The van der Waals surface area contributed by atoms with Crippen molar-refractivity contribution < 1.29 is 27.5 Å². The Morgan fingerprint density at radius 1 is 1.08 bits per heavy atom. The fourth-order valence-corrected chi connectivity index (χ4v) is 4.50. The molecule has 8 heteroatoms. The Morgan fingerprint density at radius 2 is 1.62 bits per heavy atom. The van der Waals surface area contributed by atoms with E-state index < -0.39 is 32.8 Å². The number of benzene rings is 1. The van der Waals surface area contributed by atoms with E-state index in [4.69, 9.17) is 4.74 Å². The summed E-state index contributed by atoms with van der Waals surface area (Å²) < 4.78 is 35.5. The molecule has 1 saturated heterocycles. The van der Waals surface area contributed by atoms with E-state index in [2.05, 4.69) is 4.74 Å². The van der Waals surface area contributed by atoms with Gasteiger partial charge >= 0.3 is 12.1 Å². The van der Waals surface area contributed by atoms with Crippen LogP contribution in [0.15, 0.2) is 29.2 Å². The predicted molar refractivity (Wildman–Crippen MR) is 95.8 cm³/mol. The number of hydrogen-bond acceptors (Lipinski definition) is 6. The average Bonchev–Trinajstić information content (AvgIpc) is 2.59. The highest BCUT2D eigenvalue weighted by Crippen LogP contribution is 2.26. The van der Waals surface area contributed by atoms with Crippen molar-refractivity contribution >= 4 is 21.9 Å². The summed E-state index contributed by atoms with van der Waals surface area (Å²) in [7, 11) is -2.26. The second kappa shape index (κ2) is 7.65. The van der Waals surface area contributed by atoms with Crippen molar-refractivity contribution in [3.05, 3.63) is 29.8 Å². The van der Waals surface area contributed by atoms with Crippen LogP contribution in [0, 0.1) is 0 Å². The highest BCUT2D eigenvalue weighted by molar-refractivity contribution is 7.92. The summed E-state index contributed by atoms with van der Waals surface area (Å²) in [4.78, 5) is 25.2. The molecule has 0 atom stereocenters. The number of nitrogens with zero attached hydrogens (tertiary/aromatic N) is 1. The van der Waals surface area contributed by atoms with Gasteiger partial charge in [-0.25, -0.2) is 18.0 Å². The van der Waals surface area contributed by atoms with E-state index >= 15 is 0 Å². The van der Waals surface area contributed by atoms with Crippen molar-refractivity contribution in [2.75, 3.05) is 20.2 Å². The minimum absolute atomic E-state index is 0.167. The third-order valence-corrected chi connectivity index (χ3v) is 6.41. The molecule has 0 aromatic heterocycles. The standard InChI is InChI=1S/C18H25NO6S/c1-18(2,3)25-17(21)19-11-9-15(10-12-19)26(22,23)14-7-5-13(6-8-14)16(20)24-4/h5-8,15H,9-12H2,1-4H3. The molecule has 0 spiro atoms. The molecule has 26 heavy (non-hydrogen) atoms. The van der Waals surface area contributed by atoms with Crippen LogP contribution >= 0.6 is 0 Å². The van der Waals surface area contributed by atoms with Crippen LogP contribution in [0.1, 0.15) is 44.0 Å². The summed E-state index contributed by atoms with van der Waals surface area (Å²) in [5.74, 6) is -0.514. The Morgan fingerprint density at radius 3 is 2.08 bits per heavy atom. The molecule has 2 rings (SSSR count). The maximum Gasteiger partial charge on any atom is 0.410 e. The molecule has 144 valence electrons. The maximum absolute atomic E-state index is 12.8. The number of carbonyl (C=O) groups is 2. The number of esters is 1.